The molecule has 0 saturated heterocycles. The lowest BCUT2D eigenvalue weighted by molar-refractivity contribution is 0.0230. The van der Waals surface area contributed by atoms with Gasteiger partial charge in [-0.25, -0.2) is 0 Å². The van der Waals surface area contributed by atoms with Crippen LogP contribution in [0.2, 0.25) is 0 Å². The van der Waals surface area contributed by atoms with Crippen molar-refractivity contribution >= 4 is 0 Å². The molecule has 0 spiro atoms. The quantitative estimate of drug-likeness (QED) is 0.538. The first-order valence-electron chi connectivity index (χ1n) is 6.73. The summed E-state index contributed by atoms with van der Waals surface area (Å²) in [6.45, 7) is 6.67. The summed E-state index contributed by atoms with van der Waals surface area (Å²) < 4.78 is 0. The van der Waals surface area contributed by atoms with Gasteiger partial charge in [-0.1, -0.05) is 31.8 Å². The first kappa shape index (κ1) is 13.7. The van der Waals surface area contributed by atoms with E-state index in [2.05, 4.69) is 18.8 Å². The number of rotatable bonds is 6. The molecule has 0 radical (unpaired) electrons. The van der Waals surface area contributed by atoms with Crippen LogP contribution in [0.4, 0.5) is 0 Å². The molecular formula is C14H27NO. The second kappa shape index (κ2) is 7.08. The minimum atomic E-state index is -0.445. The lowest BCUT2D eigenvalue weighted by Crippen LogP contribution is -2.43. The summed E-state index contributed by atoms with van der Waals surface area (Å²) in [6, 6.07) is 0.477. The monoisotopic (exact) mass is 225 g/mol. The normalized spacial score (nSPS) is 22.4. The average Bonchev–Trinajstić information content (AvgIpc) is 2.49. The van der Waals surface area contributed by atoms with Gasteiger partial charge in [0.15, 0.2) is 0 Å². The molecule has 0 aliphatic heterocycles. The lowest BCUT2D eigenvalue weighted by Gasteiger charge is -2.28. The Hall–Kier alpha value is -0.340. The Morgan fingerprint density at radius 2 is 1.94 bits per heavy atom. The molecule has 2 N–H and O–H groups in total. The van der Waals surface area contributed by atoms with Crippen molar-refractivity contribution in [3.05, 3.63) is 12.7 Å². The summed E-state index contributed by atoms with van der Waals surface area (Å²) >= 11 is 0. The highest BCUT2D eigenvalue weighted by molar-refractivity contribution is 4.84. The summed E-state index contributed by atoms with van der Waals surface area (Å²) in [4.78, 5) is 0. The first-order valence-corrected chi connectivity index (χ1v) is 6.73. The van der Waals surface area contributed by atoms with E-state index in [9.17, 15) is 5.11 Å². The van der Waals surface area contributed by atoms with Crippen LogP contribution < -0.4 is 5.32 Å². The van der Waals surface area contributed by atoms with Crippen LogP contribution in [0.25, 0.3) is 0 Å². The maximum Gasteiger partial charge on any atom is 0.0771 e. The molecule has 0 amide bonds. The molecule has 2 nitrogen and oxygen atoms in total. The molecule has 0 aromatic rings. The second-order valence-electron chi connectivity index (χ2n) is 5.29. The summed E-state index contributed by atoms with van der Waals surface area (Å²) in [5.74, 6) is 0. The molecule has 1 fully saturated rings. The molecule has 16 heavy (non-hydrogen) atoms. The predicted octanol–water partition coefficient (Wildman–Crippen LogP) is 3.02. The summed E-state index contributed by atoms with van der Waals surface area (Å²) in [7, 11) is 0. The highest BCUT2D eigenvalue weighted by Gasteiger charge is 2.27. The van der Waals surface area contributed by atoms with Crippen molar-refractivity contribution in [2.24, 2.45) is 0 Å². The minimum Gasteiger partial charge on any atom is -0.389 e. The molecule has 1 saturated carbocycles. The van der Waals surface area contributed by atoms with E-state index < -0.39 is 5.60 Å². The molecule has 0 aromatic heterocycles. The van der Waals surface area contributed by atoms with E-state index in [1.54, 1.807) is 0 Å². The van der Waals surface area contributed by atoms with E-state index in [0.717, 1.165) is 32.2 Å². The van der Waals surface area contributed by atoms with Crippen LogP contribution in [0.15, 0.2) is 12.7 Å². The van der Waals surface area contributed by atoms with Crippen molar-refractivity contribution in [2.45, 2.75) is 69.9 Å². The number of nitrogens with one attached hydrogen (secondary N) is 1. The van der Waals surface area contributed by atoms with E-state index in [1.807, 2.05) is 6.08 Å². The van der Waals surface area contributed by atoms with Gasteiger partial charge in [0.2, 0.25) is 0 Å². The van der Waals surface area contributed by atoms with Gasteiger partial charge in [0.25, 0.3) is 0 Å². The molecule has 1 unspecified atom stereocenters. The maximum atomic E-state index is 10.4. The molecule has 1 aliphatic rings. The third-order valence-corrected chi connectivity index (χ3v) is 3.62. The van der Waals surface area contributed by atoms with E-state index in [0.29, 0.717) is 6.04 Å². The Morgan fingerprint density at radius 1 is 1.31 bits per heavy atom. The smallest absolute Gasteiger partial charge is 0.0771 e. The van der Waals surface area contributed by atoms with Gasteiger partial charge in [-0.15, -0.1) is 6.58 Å². The van der Waals surface area contributed by atoms with Crippen molar-refractivity contribution in [1.82, 2.24) is 5.32 Å². The largest absolute Gasteiger partial charge is 0.389 e. The van der Waals surface area contributed by atoms with Gasteiger partial charge in [0, 0.05) is 12.6 Å². The van der Waals surface area contributed by atoms with Crippen LogP contribution in [0.5, 0.6) is 0 Å². The van der Waals surface area contributed by atoms with E-state index in [1.165, 1.54) is 25.7 Å². The minimum absolute atomic E-state index is 0.445. The maximum absolute atomic E-state index is 10.4. The van der Waals surface area contributed by atoms with Gasteiger partial charge in [-0.05, 0) is 32.6 Å². The molecule has 0 heterocycles. The van der Waals surface area contributed by atoms with Crippen LogP contribution in [0.3, 0.4) is 0 Å². The Morgan fingerprint density at radius 3 is 2.50 bits per heavy atom. The fourth-order valence-electron chi connectivity index (χ4n) is 2.40. The SMILES string of the molecule is C=CCCC(C)NCC1(O)CCCCCC1. The standard InChI is InChI=1S/C14H27NO/c1-3-4-9-13(2)15-12-14(16)10-7-5-6-8-11-14/h3,13,15-16H,1,4-12H2,2H3. The number of aliphatic hydroxyl groups is 1. The first-order chi connectivity index (χ1) is 7.66. The summed E-state index contributed by atoms with van der Waals surface area (Å²) in [5.41, 5.74) is -0.445. The van der Waals surface area contributed by atoms with Crippen LogP contribution in [0.1, 0.15) is 58.3 Å². The van der Waals surface area contributed by atoms with Gasteiger partial charge >= 0.3 is 0 Å². The van der Waals surface area contributed by atoms with Crippen molar-refractivity contribution in [1.29, 1.82) is 0 Å². The second-order valence-corrected chi connectivity index (χ2v) is 5.29. The Bertz CT molecular complexity index is 195. The van der Waals surface area contributed by atoms with E-state index in [-0.39, 0.29) is 0 Å². The number of allylic oxidation sites excluding steroid dienone is 1. The highest BCUT2D eigenvalue weighted by Crippen LogP contribution is 2.26. The molecule has 0 aromatic carbocycles. The predicted molar refractivity (Wildman–Crippen MR) is 69.5 cm³/mol. The molecule has 94 valence electrons. The Labute approximate surface area is 100 Å². The molecular weight excluding hydrogens is 198 g/mol. The number of hydrogen-bond donors (Lipinski definition) is 2. The average molecular weight is 225 g/mol. The topological polar surface area (TPSA) is 32.3 Å². The molecule has 1 rings (SSSR count). The zero-order chi connectivity index (χ0) is 11.9. The molecule has 1 aliphatic carbocycles. The van der Waals surface area contributed by atoms with Gasteiger partial charge in [-0.2, -0.15) is 0 Å². The van der Waals surface area contributed by atoms with Crippen LogP contribution in [0, 0.1) is 0 Å². The van der Waals surface area contributed by atoms with Gasteiger partial charge in [0.05, 0.1) is 5.60 Å². The van der Waals surface area contributed by atoms with Crippen molar-refractivity contribution in [3.63, 3.8) is 0 Å². The fourth-order valence-corrected chi connectivity index (χ4v) is 2.40. The van der Waals surface area contributed by atoms with Gasteiger partial charge in [0.1, 0.15) is 0 Å². The van der Waals surface area contributed by atoms with Crippen molar-refractivity contribution < 1.29 is 5.11 Å². The van der Waals surface area contributed by atoms with E-state index in [4.69, 9.17) is 0 Å². The van der Waals surface area contributed by atoms with Gasteiger partial charge in [-0.3, -0.25) is 0 Å². The molecule has 0 bridgehead atoms. The summed E-state index contributed by atoms with van der Waals surface area (Å²) in [5, 5.41) is 13.9. The third kappa shape index (κ3) is 5.13. The zero-order valence-electron chi connectivity index (χ0n) is 10.7. The van der Waals surface area contributed by atoms with Crippen molar-refractivity contribution in [2.75, 3.05) is 6.54 Å². The third-order valence-electron chi connectivity index (χ3n) is 3.62. The Kier molecular flexibility index (Phi) is 6.07. The lowest BCUT2D eigenvalue weighted by atomic mass is 9.94. The number of hydrogen-bond acceptors (Lipinski definition) is 2. The van der Waals surface area contributed by atoms with E-state index >= 15 is 0 Å². The van der Waals surface area contributed by atoms with Crippen LogP contribution in [-0.2, 0) is 0 Å². The van der Waals surface area contributed by atoms with Crippen LogP contribution in [-0.4, -0.2) is 23.3 Å². The van der Waals surface area contributed by atoms with Crippen molar-refractivity contribution in [3.8, 4) is 0 Å². The van der Waals surface area contributed by atoms with Crippen LogP contribution >= 0.6 is 0 Å². The fraction of sp³-hybridized carbons (Fsp3) is 0.857. The highest BCUT2D eigenvalue weighted by atomic mass is 16.3. The zero-order valence-corrected chi connectivity index (χ0v) is 10.7. The molecule has 2 heteroatoms. The Balaban J connectivity index is 2.25. The summed E-state index contributed by atoms with van der Waals surface area (Å²) in [6.07, 6.45) is 11.0. The molecule has 1 atom stereocenters. The van der Waals surface area contributed by atoms with Gasteiger partial charge < -0.3 is 10.4 Å².